The Morgan fingerprint density at radius 2 is 2.10 bits per heavy atom. The van der Waals surface area contributed by atoms with Gasteiger partial charge in [0.15, 0.2) is 0 Å². The van der Waals surface area contributed by atoms with Gasteiger partial charge in [0.2, 0.25) is 0 Å². The predicted molar refractivity (Wildman–Crippen MR) is 86.6 cm³/mol. The van der Waals surface area contributed by atoms with Gasteiger partial charge in [-0.1, -0.05) is 38.8 Å². The topological polar surface area (TPSA) is 41.5 Å². The maximum atomic E-state index is 10.7. The summed E-state index contributed by atoms with van der Waals surface area (Å²) in [5, 5.41) is 14.3. The van der Waals surface area contributed by atoms with Crippen molar-refractivity contribution in [2.75, 3.05) is 13.7 Å². The number of ether oxygens (including phenoxy) is 1. The first-order valence-electron chi connectivity index (χ1n) is 8.16. The normalized spacial score (nSPS) is 27.3. The van der Waals surface area contributed by atoms with E-state index in [4.69, 9.17) is 4.74 Å². The maximum absolute atomic E-state index is 10.7. The Morgan fingerprint density at radius 3 is 2.67 bits per heavy atom. The second-order valence-corrected chi connectivity index (χ2v) is 6.54. The van der Waals surface area contributed by atoms with Crippen LogP contribution in [0.5, 0.6) is 5.75 Å². The lowest BCUT2D eigenvalue weighted by Gasteiger charge is -2.37. The molecule has 3 atom stereocenters. The van der Waals surface area contributed by atoms with E-state index in [2.05, 4.69) is 31.3 Å². The molecule has 1 aromatic rings. The van der Waals surface area contributed by atoms with Crippen molar-refractivity contribution in [1.82, 2.24) is 5.32 Å². The van der Waals surface area contributed by atoms with Crippen LogP contribution in [0.3, 0.4) is 0 Å². The van der Waals surface area contributed by atoms with Gasteiger partial charge in [0.25, 0.3) is 0 Å². The molecule has 1 aromatic carbocycles. The smallest absolute Gasteiger partial charge is 0.118 e. The molecule has 3 unspecified atom stereocenters. The Hall–Kier alpha value is -1.06. The van der Waals surface area contributed by atoms with Gasteiger partial charge < -0.3 is 15.2 Å². The quantitative estimate of drug-likeness (QED) is 0.840. The average Bonchev–Trinajstić information content (AvgIpc) is 2.48. The summed E-state index contributed by atoms with van der Waals surface area (Å²) in [5.74, 6) is 1.51. The fraction of sp³-hybridized carbons (Fsp3) is 0.667. The minimum Gasteiger partial charge on any atom is -0.497 e. The van der Waals surface area contributed by atoms with Crippen molar-refractivity contribution in [3.63, 3.8) is 0 Å². The van der Waals surface area contributed by atoms with Crippen LogP contribution in [0.15, 0.2) is 24.3 Å². The SMILES string of the molecule is CCC(NCC1(O)CCCC(C)C1)c1ccc(OC)cc1. The van der Waals surface area contributed by atoms with Crippen LogP contribution in [-0.2, 0) is 0 Å². The number of hydrogen-bond acceptors (Lipinski definition) is 3. The fourth-order valence-electron chi connectivity index (χ4n) is 3.44. The second-order valence-electron chi connectivity index (χ2n) is 6.54. The molecule has 1 fully saturated rings. The number of hydrogen-bond donors (Lipinski definition) is 2. The number of methoxy groups -OCH3 is 1. The zero-order chi connectivity index (χ0) is 15.3. The zero-order valence-electron chi connectivity index (χ0n) is 13.6. The van der Waals surface area contributed by atoms with Crippen molar-refractivity contribution in [3.8, 4) is 5.75 Å². The molecule has 1 saturated carbocycles. The molecule has 0 saturated heterocycles. The minimum absolute atomic E-state index is 0.289. The molecular weight excluding hydrogens is 262 g/mol. The summed E-state index contributed by atoms with van der Waals surface area (Å²) >= 11 is 0. The van der Waals surface area contributed by atoms with E-state index in [1.54, 1.807) is 7.11 Å². The van der Waals surface area contributed by atoms with E-state index in [0.29, 0.717) is 12.5 Å². The van der Waals surface area contributed by atoms with Gasteiger partial charge >= 0.3 is 0 Å². The molecule has 1 aliphatic rings. The first-order valence-corrected chi connectivity index (χ1v) is 8.16. The van der Waals surface area contributed by atoms with Gasteiger partial charge in [0.05, 0.1) is 12.7 Å². The third-order valence-electron chi connectivity index (χ3n) is 4.67. The Kier molecular flexibility index (Phi) is 5.65. The van der Waals surface area contributed by atoms with E-state index in [-0.39, 0.29) is 6.04 Å². The largest absolute Gasteiger partial charge is 0.497 e. The van der Waals surface area contributed by atoms with Crippen molar-refractivity contribution < 1.29 is 9.84 Å². The molecule has 2 rings (SSSR count). The molecule has 21 heavy (non-hydrogen) atoms. The summed E-state index contributed by atoms with van der Waals surface area (Å²) in [5.41, 5.74) is 0.725. The highest BCUT2D eigenvalue weighted by Crippen LogP contribution is 2.32. The van der Waals surface area contributed by atoms with Gasteiger partial charge in [-0.15, -0.1) is 0 Å². The van der Waals surface area contributed by atoms with Crippen LogP contribution in [0.1, 0.15) is 57.6 Å². The lowest BCUT2D eigenvalue weighted by molar-refractivity contribution is -0.0138. The molecule has 0 heterocycles. The molecule has 0 bridgehead atoms. The van der Waals surface area contributed by atoms with E-state index in [9.17, 15) is 5.11 Å². The molecule has 1 aliphatic carbocycles. The van der Waals surface area contributed by atoms with E-state index >= 15 is 0 Å². The van der Waals surface area contributed by atoms with Gasteiger partial charge in [-0.05, 0) is 42.9 Å². The molecule has 0 spiro atoms. The lowest BCUT2D eigenvalue weighted by atomic mass is 9.79. The maximum Gasteiger partial charge on any atom is 0.118 e. The summed E-state index contributed by atoms with van der Waals surface area (Å²) in [6, 6.07) is 8.49. The molecule has 0 radical (unpaired) electrons. The van der Waals surface area contributed by atoms with Gasteiger partial charge in [-0.2, -0.15) is 0 Å². The summed E-state index contributed by atoms with van der Waals surface area (Å²) in [4.78, 5) is 0. The molecule has 0 amide bonds. The zero-order valence-corrected chi connectivity index (χ0v) is 13.6. The van der Waals surface area contributed by atoms with Crippen LogP contribution >= 0.6 is 0 Å². The average molecular weight is 291 g/mol. The van der Waals surface area contributed by atoms with Crippen LogP contribution in [0.4, 0.5) is 0 Å². The van der Waals surface area contributed by atoms with Crippen LogP contribution in [-0.4, -0.2) is 24.4 Å². The minimum atomic E-state index is -0.530. The highest BCUT2D eigenvalue weighted by molar-refractivity contribution is 5.29. The van der Waals surface area contributed by atoms with Gasteiger partial charge in [0, 0.05) is 12.6 Å². The van der Waals surface area contributed by atoms with E-state index < -0.39 is 5.60 Å². The van der Waals surface area contributed by atoms with Crippen LogP contribution in [0, 0.1) is 5.92 Å². The Labute approximate surface area is 128 Å². The molecule has 118 valence electrons. The van der Waals surface area contributed by atoms with Crippen LogP contribution < -0.4 is 10.1 Å². The molecule has 2 N–H and O–H groups in total. The number of benzene rings is 1. The summed E-state index contributed by atoms with van der Waals surface area (Å²) < 4.78 is 5.21. The number of nitrogens with one attached hydrogen (secondary N) is 1. The van der Waals surface area contributed by atoms with E-state index in [1.165, 1.54) is 12.0 Å². The number of rotatable bonds is 6. The molecular formula is C18H29NO2. The molecule has 3 heteroatoms. The highest BCUT2D eigenvalue weighted by Gasteiger charge is 2.32. The Morgan fingerprint density at radius 1 is 1.38 bits per heavy atom. The van der Waals surface area contributed by atoms with Crippen molar-refractivity contribution in [3.05, 3.63) is 29.8 Å². The predicted octanol–water partition coefficient (Wildman–Crippen LogP) is 3.68. The second kappa shape index (κ2) is 7.28. The Balaban J connectivity index is 1.95. The van der Waals surface area contributed by atoms with Gasteiger partial charge in [0.1, 0.15) is 5.75 Å². The molecule has 3 nitrogen and oxygen atoms in total. The summed E-state index contributed by atoms with van der Waals surface area (Å²) in [7, 11) is 1.68. The molecule has 0 aliphatic heterocycles. The fourth-order valence-corrected chi connectivity index (χ4v) is 3.44. The lowest BCUT2D eigenvalue weighted by Crippen LogP contribution is -2.45. The van der Waals surface area contributed by atoms with E-state index in [0.717, 1.165) is 31.4 Å². The van der Waals surface area contributed by atoms with Crippen LogP contribution in [0.25, 0.3) is 0 Å². The first kappa shape index (κ1) is 16.3. The van der Waals surface area contributed by atoms with Crippen LogP contribution in [0.2, 0.25) is 0 Å². The summed E-state index contributed by atoms with van der Waals surface area (Å²) in [6.07, 6.45) is 5.23. The molecule has 0 aromatic heterocycles. The van der Waals surface area contributed by atoms with E-state index in [1.807, 2.05) is 12.1 Å². The Bertz CT molecular complexity index is 431. The van der Waals surface area contributed by atoms with Crippen molar-refractivity contribution in [1.29, 1.82) is 0 Å². The monoisotopic (exact) mass is 291 g/mol. The highest BCUT2D eigenvalue weighted by atomic mass is 16.5. The van der Waals surface area contributed by atoms with Gasteiger partial charge in [-0.25, -0.2) is 0 Å². The van der Waals surface area contributed by atoms with Crippen molar-refractivity contribution in [2.24, 2.45) is 5.92 Å². The van der Waals surface area contributed by atoms with Crippen molar-refractivity contribution in [2.45, 2.75) is 57.6 Å². The number of aliphatic hydroxyl groups is 1. The van der Waals surface area contributed by atoms with Gasteiger partial charge in [-0.3, -0.25) is 0 Å². The van der Waals surface area contributed by atoms with Crippen molar-refractivity contribution >= 4 is 0 Å². The first-order chi connectivity index (χ1) is 10.1. The summed E-state index contributed by atoms with van der Waals surface area (Å²) in [6.45, 7) is 5.10. The standard InChI is InChI=1S/C18H29NO2/c1-4-17(15-7-9-16(21-3)10-8-15)19-13-18(20)11-5-6-14(2)12-18/h7-10,14,17,19-20H,4-6,11-13H2,1-3H3. The third-order valence-corrected chi connectivity index (χ3v) is 4.67. The third kappa shape index (κ3) is 4.45.